The van der Waals surface area contributed by atoms with E-state index in [1.54, 1.807) is 6.20 Å². The van der Waals surface area contributed by atoms with Gasteiger partial charge in [-0.2, -0.15) is 0 Å². The molecule has 6 rings (SSSR count). The molecular weight excluding hydrogens is 474 g/mol. The lowest BCUT2D eigenvalue weighted by Gasteiger charge is -2.43. The Balaban J connectivity index is 1.10. The fourth-order valence-electron chi connectivity index (χ4n) is 6.62. The highest BCUT2D eigenvalue weighted by Crippen LogP contribution is 2.37. The van der Waals surface area contributed by atoms with Crippen LogP contribution in [0, 0.1) is 0 Å². The van der Waals surface area contributed by atoms with Gasteiger partial charge < -0.3 is 15.5 Å². The molecule has 2 fully saturated rings. The number of aromatic nitrogens is 1. The number of pyridine rings is 1. The molecule has 0 saturated carbocycles. The van der Waals surface area contributed by atoms with E-state index in [1.165, 1.54) is 16.7 Å². The van der Waals surface area contributed by atoms with Crippen LogP contribution in [0.1, 0.15) is 41.9 Å². The van der Waals surface area contributed by atoms with E-state index in [-0.39, 0.29) is 23.8 Å². The Morgan fingerprint density at radius 1 is 1.03 bits per heavy atom. The van der Waals surface area contributed by atoms with Gasteiger partial charge in [0.25, 0.3) is 0 Å². The van der Waals surface area contributed by atoms with E-state index >= 15 is 0 Å². The monoisotopic (exact) mass is 509 g/mol. The van der Waals surface area contributed by atoms with Crippen LogP contribution in [0.15, 0.2) is 79.1 Å². The van der Waals surface area contributed by atoms with Crippen molar-refractivity contribution in [3.05, 3.63) is 95.8 Å². The largest absolute Gasteiger partial charge is 0.352 e. The van der Waals surface area contributed by atoms with Gasteiger partial charge >= 0.3 is 0 Å². The summed E-state index contributed by atoms with van der Waals surface area (Å²) >= 11 is 0. The van der Waals surface area contributed by atoms with E-state index in [1.807, 2.05) is 30.5 Å². The first kappa shape index (κ1) is 24.6. The van der Waals surface area contributed by atoms with Gasteiger partial charge in [-0.05, 0) is 67.0 Å². The number of likely N-dealkylation sites (tertiary alicyclic amines) is 1. The number of piperidine rings is 1. The van der Waals surface area contributed by atoms with Gasteiger partial charge in [-0.25, -0.2) is 0 Å². The van der Waals surface area contributed by atoms with Crippen molar-refractivity contribution >= 4 is 17.5 Å². The second-order valence-corrected chi connectivity index (χ2v) is 10.8. The average molecular weight is 510 g/mol. The zero-order valence-electron chi connectivity index (χ0n) is 21.7. The number of carbonyl (C=O) groups is 2. The Morgan fingerprint density at radius 3 is 2.61 bits per heavy atom. The standard InChI is InChI=1S/C31H35N5O2/c37-29(21-35-17-14-31(15-18-35)30(38)33-22-36(31)25-9-2-1-3-10-25)34-28-13-12-24-8-4-5-11-26(24)27(28)19-23-7-6-16-32-20-23/h1-11,16,20,27-28H,12-15,17-19,21-22H2,(H,33,38)(H,34,37). The molecule has 0 radical (unpaired) electrons. The van der Waals surface area contributed by atoms with Crippen LogP contribution in [0.2, 0.25) is 0 Å². The molecule has 3 heterocycles. The topological polar surface area (TPSA) is 77.6 Å². The molecule has 1 aromatic heterocycles. The van der Waals surface area contributed by atoms with Gasteiger partial charge in [-0.1, -0.05) is 48.5 Å². The predicted molar refractivity (Wildman–Crippen MR) is 148 cm³/mol. The molecule has 3 aliphatic rings. The number of hydrogen-bond donors (Lipinski definition) is 2. The molecule has 1 spiro atoms. The number of para-hydroxylation sites is 1. The third-order valence-electron chi connectivity index (χ3n) is 8.65. The van der Waals surface area contributed by atoms with Crippen LogP contribution in [-0.2, 0) is 22.4 Å². The second kappa shape index (κ2) is 10.6. The van der Waals surface area contributed by atoms with Crippen LogP contribution in [0.4, 0.5) is 5.69 Å². The quantitative estimate of drug-likeness (QED) is 0.534. The smallest absolute Gasteiger partial charge is 0.247 e. The molecule has 7 nitrogen and oxygen atoms in total. The number of rotatable bonds is 6. The lowest BCUT2D eigenvalue weighted by atomic mass is 9.76. The molecule has 2 amide bonds. The number of carbonyl (C=O) groups excluding carboxylic acids is 2. The van der Waals surface area contributed by atoms with Gasteiger partial charge in [0, 0.05) is 43.1 Å². The highest BCUT2D eigenvalue weighted by atomic mass is 16.2. The maximum absolute atomic E-state index is 13.3. The number of aryl methyl sites for hydroxylation is 1. The normalized spacial score (nSPS) is 22.6. The summed E-state index contributed by atoms with van der Waals surface area (Å²) in [7, 11) is 0. The third kappa shape index (κ3) is 4.78. The summed E-state index contributed by atoms with van der Waals surface area (Å²) in [6.45, 7) is 2.33. The van der Waals surface area contributed by atoms with Gasteiger partial charge in [0.1, 0.15) is 5.54 Å². The van der Waals surface area contributed by atoms with Crippen LogP contribution in [0.3, 0.4) is 0 Å². The summed E-state index contributed by atoms with van der Waals surface area (Å²) in [5.74, 6) is 0.390. The number of nitrogens with zero attached hydrogens (tertiary/aromatic N) is 3. The van der Waals surface area contributed by atoms with Crippen molar-refractivity contribution in [1.29, 1.82) is 0 Å². The van der Waals surface area contributed by atoms with Crippen molar-refractivity contribution in [3.8, 4) is 0 Å². The summed E-state index contributed by atoms with van der Waals surface area (Å²) in [6, 6.07) is 22.9. The Hall–Kier alpha value is -3.71. The number of benzene rings is 2. The molecule has 1 aliphatic carbocycles. The molecule has 2 aromatic carbocycles. The van der Waals surface area contributed by atoms with E-state index in [2.05, 4.69) is 67.9 Å². The predicted octanol–water partition coefficient (Wildman–Crippen LogP) is 3.27. The summed E-state index contributed by atoms with van der Waals surface area (Å²) in [4.78, 5) is 35.0. The summed E-state index contributed by atoms with van der Waals surface area (Å²) in [5, 5.41) is 6.45. The molecular formula is C31H35N5O2. The number of nitrogens with one attached hydrogen (secondary N) is 2. The molecule has 38 heavy (non-hydrogen) atoms. The second-order valence-electron chi connectivity index (χ2n) is 10.8. The Bertz CT molecular complexity index is 1270. The number of hydrogen-bond acceptors (Lipinski definition) is 5. The van der Waals surface area contributed by atoms with E-state index in [0.717, 1.165) is 38.0 Å². The van der Waals surface area contributed by atoms with Crippen molar-refractivity contribution in [2.45, 2.75) is 49.6 Å². The van der Waals surface area contributed by atoms with Gasteiger partial charge in [-0.15, -0.1) is 0 Å². The number of fused-ring (bicyclic) bond motifs is 1. The first-order valence-corrected chi connectivity index (χ1v) is 13.7. The molecule has 2 N–H and O–H groups in total. The fraction of sp³-hybridized carbons (Fsp3) is 0.387. The van der Waals surface area contributed by atoms with E-state index in [4.69, 9.17) is 0 Å². The molecule has 2 unspecified atom stereocenters. The maximum Gasteiger partial charge on any atom is 0.247 e. The molecule has 196 valence electrons. The Morgan fingerprint density at radius 2 is 1.82 bits per heavy atom. The van der Waals surface area contributed by atoms with E-state index < -0.39 is 5.54 Å². The minimum absolute atomic E-state index is 0.0670. The molecule has 2 saturated heterocycles. The van der Waals surface area contributed by atoms with Gasteiger partial charge in [0.05, 0.1) is 13.2 Å². The van der Waals surface area contributed by atoms with Crippen LogP contribution >= 0.6 is 0 Å². The maximum atomic E-state index is 13.3. The number of anilines is 1. The molecule has 0 bridgehead atoms. The van der Waals surface area contributed by atoms with Gasteiger partial charge in [-0.3, -0.25) is 19.5 Å². The van der Waals surface area contributed by atoms with Gasteiger partial charge in [0.2, 0.25) is 11.8 Å². The minimum atomic E-state index is -0.532. The van der Waals surface area contributed by atoms with Crippen molar-refractivity contribution in [2.75, 3.05) is 31.2 Å². The molecule has 7 heteroatoms. The summed E-state index contributed by atoms with van der Waals surface area (Å²) in [6.07, 6.45) is 7.91. The van der Waals surface area contributed by atoms with Crippen LogP contribution in [0.5, 0.6) is 0 Å². The zero-order chi connectivity index (χ0) is 26.0. The lowest BCUT2D eigenvalue weighted by Crippen LogP contribution is -2.57. The van der Waals surface area contributed by atoms with Crippen molar-refractivity contribution < 1.29 is 9.59 Å². The summed E-state index contributed by atoms with van der Waals surface area (Å²) < 4.78 is 0. The molecule has 2 atom stereocenters. The average Bonchev–Trinajstić information content (AvgIpc) is 3.27. The molecule has 2 aliphatic heterocycles. The molecule has 3 aromatic rings. The van der Waals surface area contributed by atoms with E-state index in [0.29, 0.717) is 26.1 Å². The first-order valence-electron chi connectivity index (χ1n) is 13.7. The van der Waals surface area contributed by atoms with Crippen LogP contribution in [-0.4, -0.2) is 59.6 Å². The fourth-order valence-corrected chi connectivity index (χ4v) is 6.62. The Labute approximate surface area is 224 Å². The van der Waals surface area contributed by atoms with Crippen LogP contribution in [0.25, 0.3) is 0 Å². The highest BCUT2D eigenvalue weighted by Gasteiger charge is 2.50. The van der Waals surface area contributed by atoms with Crippen molar-refractivity contribution in [1.82, 2.24) is 20.5 Å². The SMILES string of the molecule is O=C(CN1CCC2(CC1)C(=O)NCN2c1ccccc1)NC1CCc2ccccc2C1Cc1cccnc1. The van der Waals surface area contributed by atoms with E-state index in [9.17, 15) is 9.59 Å². The zero-order valence-corrected chi connectivity index (χ0v) is 21.7. The van der Waals surface area contributed by atoms with Crippen molar-refractivity contribution in [3.63, 3.8) is 0 Å². The minimum Gasteiger partial charge on any atom is -0.352 e. The first-order chi connectivity index (χ1) is 18.6. The summed E-state index contributed by atoms with van der Waals surface area (Å²) in [5.41, 5.74) is 4.44. The highest BCUT2D eigenvalue weighted by molar-refractivity contribution is 5.93. The third-order valence-corrected chi connectivity index (χ3v) is 8.65. The lowest BCUT2D eigenvalue weighted by molar-refractivity contribution is -0.126. The number of amides is 2. The van der Waals surface area contributed by atoms with Gasteiger partial charge in [0.15, 0.2) is 0 Å². The van der Waals surface area contributed by atoms with Crippen LogP contribution < -0.4 is 15.5 Å². The van der Waals surface area contributed by atoms with Crippen molar-refractivity contribution in [2.24, 2.45) is 0 Å². The Kier molecular flexibility index (Phi) is 6.85.